The third-order valence-electron chi connectivity index (χ3n) is 2.18. The molecule has 0 aliphatic carbocycles. The van der Waals surface area contributed by atoms with Crippen molar-refractivity contribution < 1.29 is 0 Å². The average molecular weight is 199 g/mol. The monoisotopic (exact) mass is 198 g/mol. The molecule has 4 N–H and O–H groups in total. The molecule has 3 heteroatoms. The molecule has 0 saturated heterocycles. The molecule has 1 aromatic carbocycles. The van der Waals surface area contributed by atoms with Gasteiger partial charge in [0.25, 0.3) is 0 Å². The smallest absolute Gasteiger partial charge is 0.0742 e. The maximum Gasteiger partial charge on any atom is 0.0742 e. The molecule has 0 aromatic heterocycles. The molecule has 0 unspecified atom stereocenters. The summed E-state index contributed by atoms with van der Waals surface area (Å²) >= 11 is 5.95. The molecule has 72 valence electrons. The Bertz CT molecular complexity index is 332. The Morgan fingerprint density at radius 2 is 1.77 bits per heavy atom. The largest absolute Gasteiger partial charge is 0.397 e. The van der Waals surface area contributed by atoms with E-state index in [1.807, 2.05) is 13.0 Å². The highest BCUT2D eigenvalue weighted by Crippen LogP contribution is 2.35. The molecule has 0 heterocycles. The van der Waals surface area contributed by atoms with Crippen molar-refractivity contribution in [3.8, 4) is 0 Å². The first-order valence-electron chi connectivity index (χ1n) is 4.29. The van der Waals surface area contributed by atoms with Gasteiger partial charge in [-0.15, -0.1) is 0 Å². The fourth-order valence-electron chi connectivity index (χ4n) is 1.34. The highest BCUT2D eigenvalue weighted by Gasteiger charge is 2.11. The Labute approximate surface area is 83.9 Å². The van der Waals surface area contributed by atoms with Crippen molar-refractivity contribution in [3.05, 3.63) is 22.2 Å². The van der Waals surface area contributed by atoms with Gasteiger partial charge in [-0.25, -0.2) is 0 Å². The zero-order valence-corrected chi connectivity index (χ0v) is 8.94. The second-order valence-electron chi connectivity index (χ2n) is 3.58. The Balaban J connectivity index is 3.41. The van der Waals surface area contributed by atoms with Gasteiger partial charge in [-0.05, 0) is 24.0 Å². The summed E-state index contributed by atoms with van der Waals surface area (Å²) in [5.41, 5.74) is 14.8. The lowest BCUT2D eigenvalue weighted by Crippen LogP contribution is -2.03. The predicted molar refractivity (Wildman–Crippen MR) is 59.1 cm³/mol. The van der Waals surface area contributed by atoms with Crippen molar-refractivity contribution >= 4 is 23.0 Å². The van der Waals surface area contributed by atoms with Crippen molar-refractivity contribution in [2.24, 2.45) is 0 Å². The molecule has 1 aromatic rings. The Kier molecular flexibility index (Phi) is 2.71. The minimum atomic E-state index is 0.373. The Morgan fingerprint density at radius 1 is 1.23 bits per heavy atom. The molecular formula is C10H15ClN2. The zero-order valence-electron chi connectivity index (χ0n) is 8.19. The van der Waals surface area contributed by atoms with Crippen molar-refractivity contribution in [2.75, 3.05) is 11.5 Å². The van der Waals surface area contributed by atoms with Gasteiger partial charge in [0.1, 0.15) is 0 Å². The van der Waals surface area contributed by atoms with Crippen LogP contribution < -0.4 is 11.5 Å². The van der Waals surface area contributed by atoms with Gasteiger partial charge < -0.3 is 11.5 Å². The van der Waals surface area contributed by atoms with Crippen LogP contribution in [-0.4, -0.2) is 0 Å². The van der Waals surface area contributed by atoms with Crippen molar-refractivity contribution in [1.82, 2.24) is 0 Å². The number of nitrogen functional groups attached to an aromatic ring is 2. The van der Waals surface area contributed by atoms with Crippen molar-refractivity contribution in [3.63, 3.8) is 0 Å². The molecule has 0 spiro atoms. The van der Waals surface area contributed by atoms with Crippen LogP contribution in [0.5, 0.6) is 0 Å². The summed E-state index contributed by atoms with van der Waals surface area (Å²) in [6, 6.07) is 2.00. The normalized spacial score (nSPS) is 10.8. The maximum atomic E-state index is 5.95. The molecule has 0 fully saturated rings. The Morgan fingerprint density at radius 3 is 2.23 bits per heavy atom. The van der Waals surface area contributed by atoms with Crippen LogP contribution in [0, 0.1) is 6.92 Å². The summed E-state index contributed by atoms with van der Waals surface area (Å²) in [5.74, 6) is 0.373. The first-order chi connectivity index (χ1) is 5.95. The number of hydrogen-bond acceptors (Lipinski definition) is 2. The van der Waals surface area contributed by atoms with E-state index in [1.165, 1.54) is 0 Å². The lowest BCUT2D eigenvalue weighted by molar-refractivity contribution is 0.869. The van der Waals surface area contributed by atoms with Crippen molar-refractivity contribution in [1.29, 1.82) is 0 Å². The molecule has 0 amide bonds. The number of hydrogen-bond donors (Lipinski definition) is 2. The molecular weight excluding hydrogens is 184 g/mol. The highest BCUT2D eigenvalue weighted by atomic mass is 35.5. The summed E-state index contributed by atoms with van der Waals surface area (Å²) in [5, 5.41) is 0.571. The number of benzene rings is 1. The second-order valence-corrected chi connectivity index (χ2v) is 3.96. The Hall–Kier alpha value is -0.890. The van der Waals surface area contributed by atoms with E-state index in [-0.39, 0.29) is 0 Å². The number of halogens is 1. The lowest BCUT2D eigenvalue weighted by atomic mass is 9.98. The van der Waals surface area contributed by atoms with E-state index in [1.54, 1.807) is 0 Å². The van der Waals surface area contributed by atoms with Crippen LogP contribution in [0.4, 0.5) is 11.4 Å². The van der Waals surface area contributed by atoms with E-state index < -0.39 is 0 Å². The molecule has 0 radical (unpaired) electrons. The summed E-state index contributed by atoms with van der Waals surface area (Å²) < 4.78 is 0. The lowest BCUT2D eigenvalue weighted by Gasteiger charge is -2.14. The number of anilines is 2. The third-order valence-corrected chi connectivity index (χ3v) is 2.68. The van der Waals surface area contributed by atoms with Crippen molar-refractivity contribution in [2.45, 2.75) is 26.7 Å². The average Bonchev–Trinajstić information content (AvgIpc) is 2.07. The first kappa shape index (κ1) is 10.2. The molecule has 13 heavy (non-hydrogen) atoms. The minimum Gasteiger partial charge on any atom is -0.397 e. The van der Waals surface area contributed by atoms with E-state index in [4.69, 9.17) is 23.1 Å². The second kappa shape index (κ2) is 3.46. The van der Waals surface area contributed by atoms with Crippen LogP contribution in [0.15, 0.2) is 6.07 Å². The molecule has 0 aliphatic rings. The van der Waals surface area contributed by atoms with Crippen LogP contribution in [0.2, 0.25) is 5.02 Å². The standard InChI is InChI=1S/C10H15ClN2/c1-5(2)7-4-6(3)8(11)10(13)9(7)12/h4-5H,12-13H2,1-3H3. The molecule has 1 rings (SSSR count). The summed E-state index contributed by atoms with van der Waals surface area (Å²) in [6.07, 6.45) is 0. The summed E-state index contributed by atoms with van der Waals surface area (Å²) in [6.45, 7) is 6.10. The van der Waals surface area contributed by atoms with Gasteiger partial charge in [-0.1, -0.05) is 31.5 Å². The number of nitrogens with two attached hydrogens (primary N) is 2. The molecule has 0 bridgehead atoms. The van der Waals surface area contributed by atoms with Gasteiger partial charge >= 0.3 is 0 Å². The summed E-state index contributed by atoms with van der Waals surface area (Å²) in [4.78, 5) is 0. The van der Waals surface area contributed by atoms with E-state index in [0.717, 1.165) is 11.1 Å². The van der Waals surface area contributed by atoms with Crippen LogP contribution in [0.1, 0.15) is 30.9 Å². The highest BCUT2D eigenvalue weighted by molar-refractivity contribution is 6.34. The van der Waals surface area contributed by atoms with Crippen LogP contribution in [0.25, 0.3) is 0 Å². The number of rotatable bonds is 1. The van der Waals surface area contributed by atoms with Gasteiger partial charge in [0, 0.05) is 0 Å². The molecule has 0 atom stereocenters. The van der Waals surface area contributed by atoms with E-state index in [9.17, 15) is 0 Å². The topological polar surface area (TPSA) is 52.0 Å². The first-order valence-corrected chi connectivity index (χ1v) is 4.67. The number of aryl methyl sites for hydroxylation is 1. The fourth-order valence-corrected chi connectivity index (χ4v) is 1.49. The maximum absolute atomic E-state index is 5.95. The summed E-state index contributed by atoms with van der Waals surface area (Å²) in [7, 11) is 0. The van der Waals surface area contributed by atoms with Gasteiger partial charge in [-0.3, -0.25) is 0 Å². The zero-order chi connectivity index (χ0) is 10.2. The van der Waals surface area contributed by atoms with E-state index in [0.29, 0.717) is 22.3 Å². The van der Waals surface area contributed by atoms with Crippen LogP contribution >= 0.6 is 11.6 Å². The molecule has 2 nitrogen and oxygen atoms in total. The predicted octanol–water partition coefficient (Wildman–Crippen LogP) is 2.94. The minimum absolute atomic E-state index is 0.373. The van der Waals surface area contributed by atoms with Crippen LogP contribution in [-0.2, 0) is 0 Å². The van der Waals surface area contributed by atoms with Gasteiger partial charge in [0.05, 0.1) is 16.4 Å². The van der Waals surface area contributed by atoms with E-state index in [2.05, 4.69) is 13.8 Å². The SMILES string of the molecule is Cc1cc(C(C)C)c(N)c(N)c1Cl. The van der Waals surface area contributed by atoms with Gasteiger partial charge in [0.15, 0.2) is 0 Å². The van der Waals surface area contributed by atoms with Gasteiger partial charge in [-0.2, -0.15) is 0 Å². The van der Waals surface area contributed by atoms with Gasteiger partial charge in [0.2, 0.25) is 0 Å². The molecule has 0 aliphatic heterocycles. The fraction of sp³-hybridized carbons (Fsp3) is 0.400. The molecule has 0 saturated carbocycles. The van der Waals surface area contributed by atoms with Crippen LogP contribution in [0.3, 0.4) is 0 Å². The third kappa shape index (κ3) is 1.73. The van der Waals surface area contributed by atoms with E-state index >= 15 is 0 Å². The quantitative estimate of drug-likeness (QED) is 0.682.